The van der Waals surface area contributed by atoms with E-state index in [0.29, 0.717) is 0 Å². The molecule has 0 aliphatic carbocycles. The van der Waals surface area contributed by atoms with Gasteiger partial charge in [-0.1, -0.05) is 0 Å². The molecule has 17 heavy (non-hydrogen) atoms. The number of aryl methyl sites for hydroxylation is 1. The Morgan fingerprint density at radius 1 is 1.35 bits per heavy atom. The topological polar surface area (TPSA) is 64.8 Å². The van der Waals surface area contributed by atoms with Crippen LogP contribution in [0.15, 0.2) is 6.07 Å². The molecule has 2 heterocycles. The maximum atomic E-state index is 8.55. The summed E-state index contributed by atoms with van der Waals surface area (Å²) in [5, 5.41) is 11.5. The minimum Gasteiger partial charge on any atom is -0.357 e. The van der Waals surface area contributed by atoms with E-state index in [1.54, 1.807) is 0 Å². The number of aromatic nitrogens is 2. The quantitative estimate of drug-likeness (QED) is 0.802. The maximum Gasteiger partial charge on any atom is 0.134 e. The van der Waals surface area contributed by atoms with Crippen LogP contribution in [-0.2, 0) is 0 Å². The van der Waals surface area contributed by atoms with Gasteiger partial charge in [0.1, 0.15) is 24.0 Å². The van der Waals surface area contributed by atoms with E-state index in [4.69, 9.17) is 5.26 Å². The lowest BCUT2D eigenvalue weighted by Crippen LogP contribution is -2.30. The molecule has 0 radical (unpaired) electrons. The Morgan fingerprint density at radius 2 is 2.12 bits per heavy atom. The molecule has 0 unspecified atom stereocenters. The molecule has 0 aromatic carbocycles. The summed E-state index contributed by atoms with van der Waals surface area (Å²) < 4.78 is 0. The van der Waals surface area contributed by atoms with Crippen molar-refractivity contribution in [3.63, 3.8) is 0 Å². The van der Waals surface area contributed by atoms with Crippen LogP contribution in [-0.4, -0.2) is 29.6 Å². The molecule has 1 aliphatic heterocycles. The highest BCUT2D eigenvalue weighted by Gasteiger charge is 2.13. The third kappa shape index (κ3) is 3.06. The van der Waals surface area contributed by atoms with Gasteiger partial charge in [-0.3, -0.25) is 0 Å². The van der Waals surface area contributed by atoms with Crippen molar-refractivity contribution in [2.24, 2.45) is 0 Å². The summed E-state index contributed by atoms with van der Waals surface area (Å²) in [6.45, 7) is 4.28. The molecule has 0 spiro atoms. The molecule has 90 valence electrons. The van der Waals surface area contributed by atoms with Gasteiger partial charge in [-0.25, -0.2) is 9.97 Å². The van der Waals surface area contributed by atoms with Crippen LogP contribution in [0.3, 0.4) is 0 Å². The number of rotatable bonds is 3. The second-order valence-electron chi connectivity index (χ2n) is 4.22. The van der Waals surface area contributed by atoms with Crippen molar-refractivity contribution in [1.82, 2.24) is 9.97 Å². The summed E-state index contributed by atoms with van der Waals surface area (Å²) in [7, 11) is 0. The molecular weight excluding hydrogens is 214 g/mol. The van der Waals surface area contributed by atoms with Crippen LogP contribution >= 0.6 is 0 Å². The largest absolute Gasteiger partial charge is 0.357 e. The van der Waals surface area contributed by atoms with Crippen molar-refractivity contribution in [2.45, 2.75) is 26.2 Å². The molecule has 1 N–H and O–H groups in total. The van der Waals surface area contributed by atoms with Gasteiger partial charge in [0, 0.05) is 19.2 Å². The third-order valence-corrected chi connectivity index (χ3v) is 2.85. The normalized spacial score (nSPS) is 15.4. The van der Waals surface area contributed by atoms with Crippen molar-refractivity contribution >= 4 is 11.6 Å². The van der Waals surface area contributed by atoms with Crippen LogP contribution in [0.5, 0.6) is 0 Å². The van der Waals surface area contributed by atoms with Gasteiger partial charge in [0.2, 0.25) is 0 Å². The number of piperidine rings is 1. The minimum absolute atomic E-state index is 0.274. The highest BCUT2D eigenvalue weighted by atomic mass is 15.2. The highest BCUT2D eigenvalue weighted by Crippen LogP contribution is 2.20. The molecule has 0 bridgehead atoms. The monoisotopic (exact) mass is 231 g/mol. The lowest BCUT2D eigenvalue weighted by atomic mass is 10.1. The highest BCUT2D eigenvalue weighted by molar-refractivity contribution is 5.49. The maximum absolute atomic E-state index is 8.55. The first-order valence-electron chi connectivity index (χ1n) is 6.01. The number of hydrogen-bond acceptors (Lipinski definition) is 5. The smallest absolute Gasteiger partial charge is 0.134 e. The summed E-state index contributed by atoms with van der Waals surface area (Å²) in [4.78, 5) is 11.0. The lowest BCUT2D eigenvalue weighted by Gasteiger charge is -2.28. The van der Waals surface area contributed by atoms with E-state index in [1.165, 1.54) is 19.3 Å². The van der Waals surface area contributed by atoms with Crippen molar-refractivity contribution in [2.75, 3.05) is 29.9 Å². The first kappa shape index (κ1) is 11.6. The standard InChI is InChI=1S/C12H17N5/c1-10-15-11(14-6-5-13)9-12(16-10)17-7-3-2-4-8-17/h9H,2-4,6-8H2,1H3,(H,14,15,16). The van der Waals surface area contributed by atoms with Crippen LogP contribution < -0.4 is 10.2 Å². The van der Waals surface area contributed by atoms with Crippen molar-refractivity contribution in [3.8, 4) is 6.07 Å². The fraction of sp³-hybridized carbons (Fsp3) is 0.583. The van der Waals surface area contributed by atoms with Gasteiger partial charge in [-0.2, -0.15) is 5.26 Å². The second kappa shape index (κ2) is 5.48. The van der Waals surface area contributed by atoms with E-state index >= 15 is 0 Å². The predicted octanol–water partition coefficient (Wildman–Crippen LogP) is 1.71. The van der Waals surface area contributed by atoms with Crippen molar-refractivity contribution in [3.05, 3.63) is 11.9 Å². The number of nitrogens with zero attached hydrogens (tertiary/aromatic N) is 4. The summed E-state index contributed by atoms with van der Waals surface area (Å²) in [5.74, 6) is 2.45. The average Bonchev–Trinajstić information content (AvgIpc) is 2.37. The van der Waals surface area contributed by atoms with E-state index in [0.717, 1.165) is 30.5 Å². The number of nitrogens with one attached hydrogen (secondary N) is 1. The zero-order chi connectivity index (χ0) is 12.1. The van der Waals surface area contributed by atoms with E-state index in [1.807, 2.05) is 19.1 Å². The van der Waals surface area contributed by atoms with Gasteiger partial charge in [0.25, 0.3) is 0 Å². The Labute approximate surface area is 101 Å². The molecule has 5 heteroatoms. The first-order chi connectivity index (χ1) is 8.29. The molecule has 2 rings (SSSR count). The SMILES string of the molecule is Cc1nc(NCC#N)cc(N2CCCCC2)n1. The van der Waals surface area contributed by atoms with Crippen LogP contribution in [0, 0.1) is 18.3 Å². The molecule has 1 saturated heterocycles. The summed E-state index contributed by atoms with van der Waals surface area (Å²) >= 11 is 0. The molecule has 5 nitrogen and oxygen atoms in total. The Bertz CT molecular complexity index is 417. The minimum atomic E-state index is 0.274. The third-order valence-electron chi connectivity index (χ3n) is 2.85. The van der Waals surface area contributed by atoms with Crippen molar-refractivity contribution < 1.29 is 0 Å². The fourth-order valence-electron chi connectivity index (χ4n) is 2.06. The van der Waals surface area contributed by atoms with Crippen molar-refractivity contribution in [1.29, 1.82) is 5.26 Å². The lowest BCUT2D eigenvalue weighted by molar-refractivity contribution is 0.572. The molecular formula is C12H17N5. The molecule has 1 aromatic heterocycles. The van der Waals surface area contributed by atoms with Gasteiger partial charge in [0.15, 0.2) is 0 Å². The van der Waals surface area contributed by atoms with Gasteiger partial charge in [-0.15, -0.1) is 0 Å². The first-order valence-corrected chi connectivity index (χ1v) is 6.01. The Balaban J connectivity index is 2.15. The van der Waals surface area contributed by atoms with Gasteiger partial charge >= 0.3 is 0 Å². The van der Waals surface area contributed by atoms with Gasteiger partial charge < -0.3 is 10.2 Å². The van der Waals surface area contributed by atoms with E-state index in [9.17, 15) is 0 Å². The summed E-state index contributed by atoms with van der Waals surface area (Å²) in [6.07, 6.45) is 3.76. The second-order valence-corrected chi connectivity index (χ2v) is 4.22. The molecule has 1 aromatic rings. The Morgan fingerprint density at radius 3 is 2.82 bits per heavy atom. The average molecular weight is 231 g/mol. The van der Waals surface area contributed by atoms with E-state index < -0.39 is 0 Å². The summed E-state index contributed by atoms with van der Waals surface area (Å²) in [6, 6.07) is 3.98. The number of anilines is 2. The van der Waals surface area contributed by atoms with Gasteiger partial charge in [-0.05, 0) is 26.2 Å². The zero-order valence-corrected chi connectivity index (χ0v) is 10.1. The van der Waals surface area contributed by atoms with Crippen LogP contribution in [0.2, 0.25) is 0 Å². The van der Waals surface area contributed by atoms with Gasteiger partial charge in [0.05, 0.1) is 6.07 Å². The van der Waals surface area contributed by atoms with E-state index in [-0.39, 0.29) is 6.54 Å². The molecule has 0 saturated carbocycles. The summed E-state index contributed by atoms with van der Waals surface area (Å²) in [5.41, 5.74) is 0. The fourth-order valence-corrected chi connectivity index (χ4v) is 2.06. The molecule has 1 aliphatic rings. The Hall–Kier alpha value is -1.83. The predicted molar refractivity (Wildman–Crippen MR) is 66.9 cm³/mol. The molecule has 0 atom stereocenters. The van der Waals surface area contributed by atoms with Crippen LogP contribution in [0.1, 0.15) is 25.1 Å². The molecule has 0 amide bonds. The number of hydrogen-bond donors (Lipinski definition) is 1. The molecule has 1 fully saturated rings. The van der Waals surface area contributed by atoms with Crippen LogP contribution in [0.4, 0.5) is 11.6 Å². The zero-order valence-electron chi connectivity index (χ0n) is 10.1. The van der Waals surface area contributed by atoms with E-state index in [2.05, 4.69) is 20.2 Å². The Kier molecular flexibility index (Phi) is 3.76. The number of nitriles is 1. The van der Waals surface area contributed by atoms with Crippen LogP contribution in [0.25, 0.3) is 0 Å².